The van der Waals surface area contributed by atoms with Gasteiger partial charge in [0, 0.05) is 5.69 Å². The van der Waals surface area contributed by atoms with E-state index in [1.54, 1.807) is 12.1 Å². The van der Waals surface area contributed by atoms with Crippen molar-refractivity contribution >= 4 is 11.6 Å². The topological polar surface area (TPSA) is 41.1 Å². The molecular weight excluding hydrogens is 267 g/mol. The van der Waals surface area contributed by atoms with Gasteiger partial charge in [-0.1, -0.05) is 32.6 Å². The van der Waals surface area contributed by atoms with E-state index < -0.39 is 0 Å². The normalized spacial score (nSPS) is 22.0. The van der Waals surface area contributed by atoms with Crippen molar-refractivity contribution in [1.82, 2.24) is 5.32 Å². The van der Waals surface area contributed by atoms with Crippen molar-refractivity contribution < 1.29 is 9.18 Å². The van der Waals surface area contributed by atoms with Gasteiger partial charge in [0.2, 0.25) is 5.91 Å². The fourth-order valence-electron chi connectivity index (χ4n) is 2.86. The Bertz CT molecular complexity index is 439. The lowest BCUT2D eigenvalue weighted by Gasteiger charge is -2.26. The zero-order valence-corrected chi connectivity index (χ0v) is 12.7. The van der Waals surface area contributed by atoms with Crippen LogP contribution in [-0.2, 0) is 4.79 Å². The van der Waals surface area contributed by atoms with E-state index in [0.29, 0.717) is 12.2 Å². The van der Waals surface area contributed by atoms with Crippen molar-refractivity contribution in [3.63, 3.8) is 0 Å². The molecule has 1 aromatic carbocycles. The number of amides is 1. The first-order valence-electron chi connectivity index (χ1n) is 7.89. The van der Waals surface area contributed by atoms with E-state index in [0.717, 1.165) is 24.8 Å². The van der Waals surface area contributed by atoms with Crippen LogP contribution in [0.3, 0.4) is 0 Å². The summed E-state index contributed by atoms with van der Waals surface area (Å²) >= 11 is 0. The third-order valence-corrected chi connectivity index (χ3v) is 4.28. The zero-order chi connectivity index (χ0) is 15.1. The second-order valence-corrected chi connectivity index (χ2v) is 6.15. The highest BCUT2D eigenvalue weighted by atomic mass is 19.1. The van der Waals surface area contributed by atoms with E-state index in [4.69, 9.17) is 0 Å². The Labute approximate surface area is 126 Å². The fraction of sp³-hybridized carbons (Fsp3) is 0.588. The zero-order valence-electron chi connectivity index (χ0n) is 12.7. The quantitative estimate of drug-likeness (QED) is 0.787. The molecule has 1 aliphatic carbocycles. The second kappa shape index (κ2) is 8.13. The van der Waals surface area contributed by atoms with Gasteiger partial charge in [0.1, 0.15) is 5.82 Å². The summed E-state index contributed by atoms with van der Waals surface area (Å²) in [4.78, 5) is 11.7. The number of hydrogen-bond acceptors (Lipinski definition) is 2. The first kappa shape index (κ1) is 16.0. The molecule has 3 nitrogen and oxygen atoms in total. The van der Waals surface area contributed by atoms with Gasteiger partial charge in [-0.3, -0.25) is 4.79 Å². The first-order valence-corrected chi connectivity index (χ1v) is 7.89. The smallest absolute Gasteiger partial charge is 0.238 e. The number of hydrogen-bond donors (Lipinski definition) is 2. The molecular formula is C17H25FN2O. The highest BCUT2D eigenvalue weighted by Gasteiger charge is 2.17. The van der Waals surface area contributed by atoms with Crippen LogP contribution in [0.5, 0.6) is 0 Å². The Morgan fingerprint density at radius 1 is 1.19 bits per heavy atom. The molecule has 0 spiro atoms. The lowest BCUT2D eigenvalue weighted by molar-refractivity contribution is -0.115. The Hall–Kier alpha value is -1.42. The molecule has 0 radical (unpaired) electrons. The predicted octanol–water partition coefficient (Wildman–Crippen LogP) is 3.57. The van der Waals surface area contributed by atoms with E-state index in [9.17, 15) is 9.18 Å². The van der Waals surface area contributed by atoms with Gasteiger partial charge in [-0.25, -0.2) is 4.39 Å². The number of halogens is 1. The van der Waals surface area contributed by atoms with Gasteiger partial charge in [0.25, 0.3) is 0 Å². The number of benzene rings is 1. The highest BCUT2D eigenvalue weighted by Crippen LogP contribution is 2.29. The Morgan fingerprint density at radius 3 is 2.52 bits per heavy atom. The molecule has 2 rings (SSSR count). The van der Waals surface area contributed by atoms with Crippen molar-refractivity contribution in [2.75, 3.05) is 18.4 Å². The van der Waals surface area contributed by atoms with Gasteiger partial charge in [-0.05, 0) is 49.1 Å². The Kier molecular flexibility index (Phi) is 6.18. The van der Waals surface area contributed by atoms with E-state index in [-0.39, 0.29) is 11.7 Å². The minimum absolute atomic E-state index is 0.0844. The summed E-state index contributed by atoms with van der Waals surface area (Å²) in [6.07, 6.45) is 6.48. The second-order valence-electron chi connectivity index (χ2n) is 6.15. The molecule has 0 unspecified atom stereocenters. The molecule has 21 heavy (non-hydrogen) atoms. The van der Waals surface area contributed by atoms with Crippen LogP contribution >= 0.6 is 0 Å². The van der Waals surface area contributed by atoms with E-state index in [2.05, 4.69) is 17.6 Å². The van der Waals surface area contributed by atoms with Crippen molar-refractivity contribution in [3.8, 4) is 0 Å². The van der Waals surface area contributed by atoms with E-state index >= 15 is 0 Å². The van der Waals surface area contributed by atoms with Crippen molar-refractivity contribution in [3.05, 3.63) is 30.1 Å². The van der Waals surface area contributed by atoms with Crippen LogP contribution in [0, 0.1) is 17.7 Å². The molecule has 0 heterocycles. The van der Waals surface area contributed by atoms with Crippen molar-refractivity contribution in [2.45, 2.75) is 39.0 Å². The maximum atomic E-state index is 12.7. The van der Waals surface area contributed by atoms with E-state index in [1.165, 1.54) is 37.8 Å². The standard InChI is InChI=1S/C17H25FN2O/c1-13-2-4-14(5-3-13)10-11-19-12-17(21)20-16-8-6-15(18)7-9-16/h6-9,13-14,19H,2-5,10-12H2,1H3,(H,20,21). The fourth-order valence-corrected chi connectivity index (χ4v) is 2.86. The number of rotatable bonds is 6. The molecule has 1 fully saturated rings. The monoisotopic (exact) mass is 292 g/mol. The molecule has 0 bridgehead atoms. The predicted molar refractivity (Wildman–Crippen MR) is 83.6 cm³/mol. The molecule has 1 aromatic rings. The van der Waals surface area contributed by atoms with Crippen LogP contribution in [0.1, 0.15) is 39.0 Å². The molecule has 0 aromatic heterocycles. The van der Waals surface area contributed by atoms with E-state index in [1.807, 2.05) is 0 Å². The van der Waals surface area contributed by atoms with Crippen molar-refractivity contribution in [2.24, 2.45) is 11.8 Å². The van der Waals surface area contributed by atoms with Gasteiger partial charge in [-0.15, -0.1) is 0 Å². The lowest BCUT2D eigenvalue weighted by atomic mass is 9.81. The minimum Gasteiger partial charge on any atom is -0.325 e. The molecule has 4 heteroatoms. The number of carbonyl (C=O) groups excluding carboxylic acids is 1. The van der Waals surface area contributed by atoms with Crippen LogP contribution in [0.25, 0.3) is 0 Å². The summed E-state index contributed by atoms with van der Waals surface area (Å²) < 4.78 is 12.7. The third kappa shape index (κ3) is 5.84. The first-order chi connectivity index (χ1) is 10.1. The van der Waals surface area contributed by atoms with Gasteiger partial charge in [-0.2, -0.15) is 0 Å². The number of anilines is 1. The summed E-state index contributed by atoms with van der Waals surface area (Å²) in [7, 11) is 0. The molecule has 0 saturated heterocycles. The summed E-state index contributed by atoms with van der Waals surface area (Å²) in [5.74, 6) is 1.32. The highest BCUT2D eigenvalue weighted by molar-refractivity contribution is 5.92. The Balaban J connectivity index is 1.58. The molecule has 1 saturated carbocycles. The van der Waals surface area contributed by atoms with Crippen LogP contribution < -0.4 is 10.6 Å². The maximum Gasteiger partial charge on any atom is 0.238 e. The molecule has 2 N–H and O–H groups in total. The minimum atomic E-state index is -0.298. The molecule has 1 aliphatic rings. The van der Waals surface area contributed by atoms with Crippen molar-refractivity contribution in [1.29, 1.82) is 0 Å². The molecule has 1 amide bonds. The van der Waals surface area contributed by atoms with Crippen LogP contribution in [0.4, 0.5) is 10.1 Å². The van der Waals surface area contributed by atoms with Crippen LogP contribution in [0.15, 0.2) is 24.3 Å². The van der Waals surface area contributed by atoms with Gasteiger partial charge >= 0.3 is 0 Å². The van der Waals surface area contributed by atoms with Crippen LogP contribution in [0.2, 0.25) is 0 Å². The molecule has 0 aliphatic heterocycles. The Morgan fingerprint density at radius 2 is 1.86 bits per heavy atom. The average molecular weight is 292 g/mol. The van der Waals surface area contributed by atoms with Gasteiger partial charge in [0.05, 0.1) is 6.54 Å². The molecule has 0 atom stereocenters. The van der Waals surface area contributed by atoms with Gasteiger partial charge in [0.15, 0.2) is 0 Å². The summed E-state index contributed by atoms with van der Waals surface area (Å²) in [5.41, 5.74) is 0.629. The van der Waals surface area contributed by atoms with Crippen LogP contribution in [-0.4, -0.2) is 19.0 Å². The lowest BCUT2D eigenvalue weighted by Crippen LogP contribution is -2.30. The summed E-state index contributed by atoms with van der Waals surface area (Å²) in [5, 5.41) is 5.93. The summed E-state index contributed by atoms with van der Waals surface area (Å²) in [6.45, 7) is 3.52. The molecule has 116 valence electrons. The SMILES string of the molecule is CC1CCC(CCNCC(=O)Nc2ccc(F)cc2)CC1. The largest absolute Gasteiger partial charge is 0.325 e. The number of nitrogens with one attached hydrogen (secondary N) is 2. The van der Waals surface area contributed by atoms with Gasteiger partial charge < -0.3 is 10.6 Å². The third-order valence-electron chi connectivity index (χ3n) is 4.28. The average Bonchev–Trinajstić information content (AvgIpc) is 2.48. The number of carbonyl (C=O) groups is 1. The summed E-state index contributed by atoms with van der Waals surface area (Å²) in [6, 6.07) is 5.81. The maximum absolute atomic E-state index is 12.7.